The molecule has 96 valence electrons. The van der Waals surface area contributed by atoms with Crippen molar-refractivity contribution in [2.75, 3.05) is 6.61 Å². The third-order valence-corrected chi connectivity index (χ3v) is 3.15. The Kier molecular flexibility index (Phi) is 4.57. The van der Waals surface area contributed by atoms with Crippen molar-refractivity contribution < 1.29 is 9.53 Å². The van der Waals surface area contributed by atoms with Gasteiger partial charge in [-0.1, -0.05) is 25.1 Å². The van der Waals surface area contributed by atoms with Crippen molar-refractivity contribution in [2.24, 2.45) is 0 Å². The van der Waals surface area contributed by atoms with Crippen LogP contribution in [-0.2, 0) is 4.79 Å². The van der Waals surface area contributed by atoms with Crippen molar-refractivity contribution in [2.45, 2.75) is 39.0 Å². The van der Waals surface area contributed by atoms with Crippen molar-refractivity contribution in [3.05, 3.63) is 35.9 Å². The largest absolute Gasteiger partial charge is 0.493 e. The molecule has 0 N–H and O–H groups in total. The molecule has 0 aromatic heterocycles. The first kappa shape index (κ1) is 12.9. The van der Waals surface area contributed by atoms with Crippen molar-refractivity contribution in [1.82, 2.24) is 0 Å². The number of ether oxygens (including phenoxy) is 1. The molecule has 2 nitrogen and oxygen atoms in total. The Balaban J connectivity index is 2.28. The summed E-state index contributed by atoms with van der Waals surface area (Å²) in [5.74, 6) is 1.15. The van der Waals surface area contributed by atoms with Gasteiger partial charge in [0.1, 0.15) is 5.75 Å². The van der Waals surface area contributed by atoms with Crippen LogP contribution in [-0.4, -0.2) is 12.4 Å². The van der Waals surface area contributed by atoms with Gasteiger partial charge in [0.25, 0.3) is 0 Å². The van der Waals surface area contributed by atoms with Gasteiger partial charge < -0.3 is 4.74 Å². The van der Waals surface area contributed by atoms with E-state index in [-0.39, 0.29) is 5.78 Å². The number of hydrogen-bond acceptors (Lipinski definition) is 2. The highest BCUT2D eigenvalue weighted by atomic mass is 16.5. The summed E-state index contributed by atoms with van der Waals surface area (Å²) in [6.45, 7) is 2.81. The molecule has 18 heavy (non-hydrogen) atoms. The van der Waals surface area contributed by atoms with Gasteiger partial charge in [-0.2, -0.15) is 0 Å². The van der Waals surface area contributed by atoms with Gasteiger partial charge >= 0.3 is 0 Å². The molecule has 2 heteroatoms. The Bertz CT molecular complexity index is 446. The molecule has 0 unspecified atom stereocenters. The number of carbonyl (C=O) groups is 1. The Morgan fingerprint density at radius 3 is 2.78 bits per heavy atom. The van der Waals surface area contributed by atoms with Gasteiger partial charge in [-0.05, 0) is 43.4 Å². The normalized spacial score (nSPS) is 16.1. The van der Waals surface area contributed by atoms with Crippen LogP contribution in [0.5, 0.6) is 5.75 Å². The molecule has 2 rings (SSSR count). The molecule has 1 aliphatic carbocycles. The van der Waals surface area contributed by atoms with Crippen molar-refractivity contribution in [3.8, 4) is 5.75 Å². The monoisotopic (exact) mass is 244 g/mol. The maximum absolute atomic E-state index is 11.7. The van der Waals surface area contributed by atoms with Gasteiger partial charge in [0.2, 0.25) is 0 Å². The van der Waals surface area contributed by atoms with Gasteiger partial charge in [-0.15, -0.1) is 0 Å². The average molecular weight is 244 g/mol. The van der Waals surface area contributed by atoms with Crippen LogP contribution in [0, 0.1) is 0 Å². The van der Waals surface area contributed by atoms with E-state index in [1.54, 1.807) is 6.08 Å². The Morgan fingerprint density at radius 2 is 1.94 bits per heavy atom. The summed E-state index contributed by atoms with van der Waals surface area (Å²) in [4.78, 5) is 11.7. The van der Waals surface area contributed by atoms with Crippen LogP contribution >= 0.6 is 0 Å². The SMILES string of the molecule is CCCOc1ccccc1C1=CC(=O)CCCC1. The maximum Gasteiger partial charge on any atom is 0.155 e. The van der Waals surface area contributed by atoms with Gasteiger partial charge in [0.15, 0.2) is 5.78 Å². The smallest absolute Gasteiger partial charge is 0.155 e. The number of benzene rings is 1. The summed E-state index contributed by atoms with van der Waals surface area (Å²) in [7, 11) is 0. The Morgan fingerprint density at radius 1 is 1.17 bits per heavy atom. The second kappa shape index (κ2) is 6.39. The minimum atomic E-state index is 0.243. The lowest BCUT2D eigenvalue weighted by Gasteiger charge is -2.12. The highest BCUT2D eigenvalue weighted by Gasteiger charge is 2.13. The average Bonchev–Trinajstić information content (AvgIpc) is 2.61. The van der Waals surface area contributed by atoms with E-state index in [1.807, 2.05) is 18.2 Å². The molecule has 1 aromatic rings. The van der Waals surface area contributed by atoms with Crippen molar-refractivity contribution >= 4 is 11.4 Å². The molecule has 0 aliphatic heterocycles. The third-order valence-electron chi connectivity index (χ3n) is 3.15. The Hall–Kier alpha value is -1.57. The van der Waals surface area contributed by atoms with Crippen LogP contribution in [0.15, 0.2) is 30.3 Å². The van der Waals surface area contributed by atoms with Crippen LogP contribution in [0.4, 0.5) is 0 Å². The molecule has 0 saturated heterocycles. The number of allylic oxidation sites excluding steroid dienone is 2. The van der Waals surface area contributed by atoms with E-state index in [9.17, 15) is 4.79 Å². The maximum atomic E-state index is 11.7. The van der Waals surface area contributed by atoms with E-state index in [0.29, 0.717) is 6.42 Å². The van der Waals surface area contributed by atoms with Crippen LogP contribution in [0.2, 0.25) is 0 Å². The van der Waals surface area contributed by atoms with Gasteiger partial charge in [-0.25, -0.2) is 0 Å². The molecule has 0 spiro atoms. The molecule has 0 fully saturated rings. The van der Waals surface area contributed by atoms with Gasteiger partial charge in [0, 0.05) is 12.0 Å². The second-order valence-corrected chi connectivity index (χ2v) is 4.69. The fourth-order valence-electron chi connectivity index (χ4n) is 2.24. The molecular formula is C16H20O2. The zero-order valence-electron chi connectivity index (χ0n) is 10.9. The predicted octanol–water partition coefficient (Wildman–Crippen LogP) is 4.00. The summed E-state index contributed by atoms with van der Waals surface area (Å²) < 4.78 is 5.76. The standard InChI is InChI=1S/C16H20O2/c1-2-11-18-16-10-6-5-9-15(16)13-7-3-4-8-14(17)12-13/h5-6,9-10,12H,2-4,7-8,11H2,1H3. The summed E-state index contributed by atoms with van der Waals surface area (Å²) >= 11 is 0. The highest BCUT2D eigenvalue weighted by Crippen LogP contribution is 2.31. The number of rotatable bonds is 4. The molecular weight excluding hydrogens is 224 g/mol. The second-order valence-electron chi connectivity index (χ2n) is 4.69. The molecule has 0 saturated carbocycles. The highest BCUT2D eigenvalue weighted by molar-refractivity contribution is 5.97. The van der Waals surface area contributed by atoms with Crippen LogP contribution in [0.25, 0.3) is 5.57 Å². The van der Waals surface area contributed by atoms with Gasteiger partial charge in [0.05, 0.1) is 6.61 Å². The fraction of sp³-hybridized carbons (Fsp3) is 0.438. The lowest BCUT2D eigenvalue weighted by Crippen LogP contribution is -1.99. The lowest BCUT2D eigenvalue weighted by atomic mass is 10.0. The molecule has 1 aliphatic rings. The van der Waals surface area contributed by atoms with E-state index in [4.69, 9.17) is 4.74 Å². The first-order valence-corrected chi connectivity index (χ1v) is 6.77. The van der Waals surface area contributed by atoms with E-state index < -0.39 is 0 Å². The molecule has 0 radical (unpaired) electrons. The zero-order chi connectivity index (χ0) is 12.8. The predicted molar refractivity (Wildman–Crippen MR) is 73.7 cm³/mol. The molecule has 0 atom stereocenters. The quantitative estimate of drug-likeness (QED) is 0.800. The first-order chi connectivity index (χ1) is 8.81. The number of hydrogen-bond donors (Lipinski definition) is 0. The minimum absolute atomic E-state index is 0.243. The van der Waals surface area contributed by atoms with E-state index in [2.05, 4.69) is 13.0 Å². The van der Waals surface area contributed by atoms with Crippen LogP contribution < -0.4 is 4.74 Å². The third kappa shape index (κ3) is 3.22. The molecule has 1 aromatic carbocycles. The summed E-state index contributed by atoms with van der Waals surface area (Å²) in [5, 5.41) is 0. The molecule has 0 heterocycles. The topological polar surface area (TPSA) is 26.3 Å². The number of carbonyl (C=O) groups excluding carboxylic acids is 1. The van der Waals surface area contributed by atoms with E-state index in [0.717, 1.165) is 49.2 Å². The van der Waals surface area contributed by atoms with E-state index in [1.165, 1.54) is 0 Å². The van der Waals surface area contributed by atoms with Crippen LogP contribution in [0.1, 0.15) is 44.6 Å². The molecule has 0 bridgehead atoms. The van der Waals surface area contributed by atoms with Gasteiger partial charge in [-0.3, -0.25) is 4.79 Å². The summed E-state index contributed by atoms with van der Waals surface area (Å²) in [6, 6.07) is 8.02. The lowest BCUT2D eigenvalue weighted by molar-refractivity contribution is -0.114. The van der Waals surface area contributed by atoms with Crippen molar-refractivity contribution in [1.29, 1.82) is 0 Å². The molecule has 0 amide bonds. The first-order valence-electron chi connectivity index (χ1n) is 6.77. The zero-order valence-corrected chi connectivity index (χ0v) is 10.9. The fourth-order valence-corrected chi connectivity index (χ4v) is 2.24. The minimum Gasteiger partial charge on any atom is -0.493 e. The Labute approximate surface area is 109 Å². The van der Waals surface area contributed by atoms with Crippen LogP contribution in [0.3, 0.4) is 0 Å². The summed E-state index contributed by atoms with van der Waals surface area (Å²) in [6.07, 6.45) is 6.53. The van der Waals surface area contributed by atoms with Crippen molar-refractivity contribution in [3.63, 3.8) is 0 Å². The van der Waals surface area contributed by atoms with E-state index >= 15 is 0 Å². The number of ketones is 1. The summed E-state index contributed by atoms with van der Waals surface area (Å²) in [5.41, 5.74) is 2.21. The number of para-hydroxylation sites is 1.